The SMILES string of the molecule is Cc1ccccc1CNCCCNC(C)C. The second kappa shape index (κ2) is 7.42. The Kier molecular flexibility index (Phi) is 6.12. The molecule has 0 aliphatic carbocycles. The molecule has 0 heterocycles. The Morgan fingerprint density at radius 3 is 2.56 bits per heavy atom. The van der Waals surface area contributed by atoms with Gasteiger partial charge in [-0.25, -0.2) is 0 Å². The van der Waals surface area contributed by atoms with Crippen LogP contribution in [0.15, 0.2) is 24.3 Å². The highest BCUT2D eigenvalue weighted by Gasteiger charge is 1.96. The molecule has 90 valence electrons. The van der Waals surface area contributed by atoms with Gasteiger partial charge in [0.15, 0.2) is 0 Å². The Hall–Kier alpha value is -0.860. The van der Waals surface area contributed by atoms with Crippen LogP contribution in [0.2, 0.25) is 0 Å². The third-order valence-electron chi connectivity index (χ3n) is 2.66. The molecule has 1 aromatic carbocycles. The number of hydrogen-bond donors (Lipinski definition) is 2. The Morgan fingerprint density at radius 1 is 1.12 bits per heavy atom. The fourth-order valence-corrected chi connectivity index (χ4v) is 1.64. The Labute approximate surface area is 99.5 Å². The van der Waals surface area contributed by atoms with Crippen molar-refractivity contribution in [3.63, 3.8) is 0 Å². The molecule has 0 bridgehead atoms. The molecule has 16 heavy (non-hydrogen) atoms. The van der Waals surface area contributed by atoms with E-state index in [0.29, 0.717) is 6.04 Å². The first-order valence-electron chi connectivity index (χ1n) is 6.18. The van der Waals surface area contributed by atoms with E-state index in [4.69, 9.17) is 0 Å². The molecule has 2 nitrogen and oxygen atoms in total. The third-order valence-corrected chi connectivity index (χ3v) is 2.66. The third kappa shape index (κ3) is 5.29. The number of benzene rings is 1. The summed E-state index contributed by atoms with van der Waals surface area (Å²) < 4.78 is 0. The molecule has 0 aromatic heterocycles. The molecular formula is C14H24N2. The van der Waals surface area contributed by atoms with Crippen LogP contribution in [-0.2, 0) is 6.54 Å². The number of nitrogens with one attached hydrogen (secondary N) is 2. The Bertz CT molecular complexity index is 295. The van der Waals surface area contributed by atoms with E-state index in [1.807, 2.05) is 0 Å². The number of hydrogen-bond acceptors (Lipinski definition) is 2. The van der Waals surface area contributed by atoms with Crippen LogP contribution >= 0.6 is 0 Å². The van der Waals surface area contributed by atoms with Crippen LogP contribution in [0.1, 0.15) is 31.4 Å². The summed E-state index contributed by atoms with van der Waals surface area (Å²) in [7, 11) is 0. The van der Waals surface area contributed by atoms with Crippen LogP contribution in [0.3, 0.4) is 0 Å². The number of rotatable bonds is 7. The quantitative estimate of drug-likeness (QED) is 0.690. The maximum atomic E-state index is 3.48. The minimum atomic E-state index is 0.594. The molecule has 0 radical (unpaired) electrons. The maximum absolute atomic E-state index is 3.48. The Morgan fingerprint density at radius 2 is 1.88 bits per heavy atom. The molecule has 1 aromatic rings. The minimum absolute atomic E-state index is 0.594. The Balaban J connectivity index is 2.10. The van der Waals surface area contributed by atoms with Crippen molar-refractivity contribution in [2.45, 2.75) is 39.8 Å². The van der Waals surface area contributed by atoms with Crippen molar-refractivity contribution in [3.05, 3.63) is 35.4 Å². The zero-order valence-corrected chi connectivity index (χ0v) is 10.7. The molecule has 0 unspecified atom stereocenters. The molecule has 0 fully saturated rings. The summed E-state index contributed by atoms with van der Waals surface area (Å²) in [6.45, 7) is 9.68. The highest BCUT2D eigenvalue weighted by atomic mass is 14.9. The van der Waals surface area contributed by atoms with Gasteiger partial charge in [-0.1, -0.05) is 38.1 Å². The predicted octanol–water partition coefficient (Wildman–Crippen LogP) is 2.47. The van der Waals surface area contributed by atoms with Crippen molar-refractivity contribution in [2.24, 2.45) is 0 Å². The van der Waals surface area contributed by atoms with Gasteiger partial charge in [0.25, 0.3) is 0 Å². The van der Waals surface area contributed by atoms with E-state index in [1.165, 1.54) is 17.5 Å². The molecule has 0 aliphatic heterocycles. The smallest absolute Gasteiger partial charge is 0.0208 e. The molecule has 0 saturated heterocycles. The topological polar surface area (TPSA) is 24.1 Å². The van der Waals surface area contributed by atoms with Crippen molar-refractivity contribution >= 4 is 0 Å². The maximum Gasteiger partial charge on any atom is 0.0208 e. The first-order valence-corrected chi connectivity index (χ1v) is 6.18. The van der Waals surface area contributed by atoms with Gasteiger partial charge in [0.2, 0.25) is 0 Å². The van der Waals surface area contributed by atoms with Crippen molar-refractivity contribution < 1.29 is 0 Å². The van der Waals surface area contributed by atoms with Crippen LogP contribution in [0, 0.1) is 6.92 Å². The molecule has 0 amide bonds. The lowest BCUT2D eigenvalue weighted by atomic mass is 10.1. The summed E-state index contributed by atoms with van der Waals surface area (Å²) in [5, 5.41) is 6.89. The van der Waals surface area contributed by atoms with Gasteiger partial charge in [0.1, 0.15) is 0 Å². The molecular weight excluding hydrogens is 196 g/mol. The van der Waals surface area contributed by atoms with Gasteiger partial charge in [-0.05, 0) is 37.6 Å². The van der Waals surface area contributed by atoms with Crippen LogP contribution in [0.5, 0.6) is 0 Å². The van der Waals surface area contributed by atoms with E-state index in [1.54, 1.807) is 0 Å². The van der Waals surface area contributed by atoms with E-state index in [0.717, 1.165) is 19.6 Å². The van der Waals surface area contributed by atoms with Gasteiger partial charge in [0.05, 0.1) is 0 Å². The fraction of sp³-hybridized carbons (Fsp3) is 0.571. The van der Waals surface area contributed by atoms with E-state index in [-0.39, 0.29) is 0 Å². The normalized spacial score (nSPS) is 11.0. The molecule has 1 rings (SSSR count). The highest BCUT2D eigenvalue weighted by Crippen LogP contribution is 2.05. The van der Waals surface area contributed by atoms with Gasteiger partial charge in [-0.15, -0.1) is 0 Å². The summed E-state index contributed by atoms with van der Waals surface area (Å²) in [5.41, 5.74) is 2.77. The molecule has 2 heteroatoms. The second-order valence-corrected chi connectivity index (χ2v) is 4.57. The van der Waals surface area contributed by atoms with Crippen LogP contribution in [0.4, 0.5) is 0 Å². The molecule has 0 atom stereocenters. The number of aryl methyl sites for hydroxylation is 1. The van der Waals surface area contributed by atoms with E-state index >= 15 is 0 Å². The van der Waals surface area contributed by atoms with Crippen molar-refractivity contribution in [2.75, 3.05) is 13.1 Å². The summed E-state index contributed by atoms with van der Waals surface area (Å²) in [6, 6.07) is 9.14. The van der Waals surface area contributed by atoms with Gasteiger partial charge < -0.3 is 10.6 Å². The lowest BCUT2D eigenvalue weighted by molar-refractivity contribution is 0.547. The highest BCUT2D eigenvalue weighted by molar-refractivity contribution is 5.25. The summed E-state index contributed by atoms with van der Waals surface area (Å²) in [5.74, 6) is 0. The zero-order chi connectivity index (χ0) is 11.8. The van der Waals surface area contributed by atoms with Crippen molar-refractivity contribution in [3.8, 4) is 0 Å². The lowest BCUT2D eigenvalue weighted by Gasteiger charge is -2.09. The summed E-state index contributed by atoms with van der Waals surface area (Å²) in [4.78, 5) is 0. The molecule has 0 aliphatic rings. The minimum Gasteiger partial charge on any atom is -0.314 e. The molecule has 0 spiro atoms. The van der Waals surface area contributed by atoms with Gasteiger partial charge in [0, 0.05) is 12.6 Å². The average molecular weight is 220 g/mol. The van der Waals surface area contributed by atoms with E-state index in [2.05, 4.69) is 55.7 Å². The van der Waals surface area contributed by atoms with Crippen molar-refractivity contribution in [1.29, 1.82) is 0 Å². The van der Waals surface area contributed by atoms with Gasteiger partial charge in [-0.2, -0.15) is 0 Å². The van der Waals surface area contributed by atoms with Crippen LogP contribution in [-0.4, -0.2) is 19.1 Å². The van der Waals surface area contributed by atoms with E-state index in [9.17, 15) is 0 Å². The lowest BCUT2D eigenvalue weighted by Crippen LogP contribution is -2.26. The first kappa shape index (κ1) is 13.2. The summed E-state index contributed by atoms with van der Waals surface area (Å²) >= 11 is 0. The zero-order valence-electron chi connectivity index (χ0n) is 10.7. The van der Waals surface area contributed by atoms with Crippen LogP contribution < -0.4 is 10.6 Å². The first-order chi connectivity index (χ1) is 7.70. The van der Waals surface area contributed by atoms with Gasteiger partial charge in [-0.3, -0.25) is 0 Å². The van der Waals surface area contributed by atoms with Crippen molar-refractivity contribution in [1.82, 2.24) is 10.6 Å². The fourth-order valence-electron chi connectivity index (χ4n) is 1.64. The molecule has 0 saturated carbocycles. The standard InChI is InChI=1S/C14H24N2/c1-12(2)16-10-6-9-15-11-14-8-5-4-7-13(14)3/h4-5,7-8,12,15-16H,6,9-11H2,1-3H3. The molecule has 2 N–H and O–H groups in total. The van der Waals surface area contributed by atoms with E-state index < -0.39 is 0 Å². The van der Waals surface area contributed by atoms with Gasteiger partial charge >= 0.3 is 0 Å². The average Bonchev–Trinajstić information content (AvgIpc) is 2.25. The summed E-state index contributed by atoms with van der Waals surface area (Å²) in [6.07, 6.45) is 1.18. The second-order valence-electron chi connectivity index (χ2n) is 4.57. The monoisotopic (exact) mass is 220 g/mol. The predicted molar refractivity (Wildman–Crippen MR) is 70.6 cm³/mol. The largest absolute Gasteiger partial charge is 0.314 e. The van der Waals surface area contributed by atoms with Crippen LogP contribution in [0.25, 0.3) is 0 Å².